The largest absolute Gasteiger partial charge is 0.310 e. The molecule has 1 heterocycles. The number of benzene rings is 1. The third-order valence-corrected chi connectivity index (χ3v) is 3.69. The number of nitrogens with one attached hydrogen (secondary N) is 1. The molecule has 2 rings (SSSR count). The van der Waals surface area contributed by atoms with Gasteiger partial charge >= 0.3 is 0 Å². The quantitative estimate of drug-likeness (QED) is 0.859. The van der Waals surface area contributed by atoms with E-state index in [2.05, 4.69) is 19.2 Å². The van der Waals surface area contributed by atoms with Crippen LogP contribution in [0, 0.1) is 0 Å². The Balaban J connectivity index is 2.19. The van der Waals surface area contributed by atoms with Gasteiger partial charge in [-0.25, -0.2) is 0 Å². The molecule has 1 fully saturated rings. The van der Waals surface area contributed by atoms with Gasteiger partial charge < -0.3 is 5.32 Å². The molecule has 0 saturated carbocycles. The molecule has 0 radical (unpaired) electrons. The minimum absolute atomic E-state index is 0.0834. The van der Waals surface area contributed by atoms with Crippen molar-refractivity contribution in [2.45, 2.75) is 45.6 Å². The van der Waals surface area contributed by atoms with E-state index >= 15 is 0 Å². The van der Waals surface area contributed by atoms with Crippen molar-refractivity contribution >= 4 is 17.5 Å². The molecule has 0 bridgehead atoms. The van der Waals surface area contributed by atoms with Crippen LogP contribution in [0.2, 0.25) is 0 Å². The summed E-state index contributed by atoms with van der Waals surface area (Å²) in [6.45, 7) is 5.08. The summed E-state index contributed by atoms with van der Waals surface area (Å²) < 4.78 is 0. The van der Waals surface area contributed by atoms with E-state index in [9.17, 15) is 9.59 Å². The average molecular weight is 274 g/mol. The molecule has 1 aromatic carbocycles. The molecule has 1 aromatic rings. The van der Waals surface area contributed by atoms with E-state index in [4.69, 9.17) is 0 Å². The van der Waals surface area contributed by atoms with Gasteiger partial charge in [0.15, 0.2) is 0 Å². The SMILES string of the molecule is CCNC(C)c1ccc(N2C(=O)CCCCC2=O)cc1. The number of rotatable bonds is 4. The topological polar surface area (TPSA) is 49.4 Å². The van der Waals surface area contributed by atoms with Crippen molar-refractivity contribution in [1.29, 1.82) is 0 Å². The highest BCUT2D eigenvalue weighted by Gasteiger charge is 2.25. The van der Waals surface area contributed by atoms with Gasteiger partial charge in [-0.05, 0) is 44.0 Å². The first kappa shape index (κ1) is 14.7. The summed E-state index contributed by atoms with van der Waals surface area (Å²) in [4.78, 5) is 25.4. The van der Waals surface area contributed by atoms with Gasteiger partial charge in [-0.2, -0.15) is 0 Å². The molecule has 4 nitrogen and oxygen atoms in total. The van der Waals surface area contributed by atoms with Crippen molar-refractivity contribution in [2.24, 2.45) is 0 Å². The van der Waals surface area contributed by atoms with Crippen LogP contribution in [-0.4, -0.2) is 18.4 Å². The van der Waals surface area contributed by atoms with Crippen molar-refractivity contribution in [2.75, 3.05) is 11.4 Å². The molecule has 20 heavy (non-hydrogen) atoms. The van der Waals surface area contributed by atoms with E-state index in [0.29, 0.717) is 18.5 Å². The van der Waals surface area contributed by atoms with Crippen molar-refractivity contribution in [1.82, 2.24) is 5.32 Å². The molecule has 0 spiro atoms. The number of carbonyl (C=O) groups excluding carboxylic acids is 2. The van der Waals surface area contributed by atoms with E-state index in [1.807, 2.05) is 24.3 Å². The molecule has 0 aromatic heterocycles. The molecule has 1 aliphatic heterocycles. The van der Waals surface area contributed by atoms with Gasteiger partial charge in [0.1, 0.15) is 0 Å². The summed E-state index contributed by atoms with van der Waals surface area (Å²) in [5, 5.41) is 3.34. The Morgan fingerprint density at radius 2 is 1.65 bits per heavy atom. The lowest BCUT2D eigenvalue weighted by Gasteiger charge is -2.20. The van der Waals surface area contributed by atoms with Gasteiger partial charge in [0.2, 0.25) is 11.8 Å². The molecule has 1 aliphatic rings. The second-order valence-corrected chi connectivity index (χ2v) is 5.20. The van der Waals surface area contributed by atoms with Gasteiger partial charge in [-0.1, -0.05) is 19.1 Å². The fourth-order valence-corrected chi connectivity index (χ4v) is 2.54. The van der Waals surface area contributed by atoms with E-state index in [1.54, 1.807) is 0 Å². The lowest BCUT2D eigenvalue weighted by atomic mass is 10.1. The van der Waals surface area contributed by atoms with Crippen molar-refractivity contribution in [3.05, 3.63) is 29.8 Å². The number of hydrogen-bond acceptors (Lipinski definition) is 3. The second-order valence-electron chi connectivity index (χ2n) is 5.20. The Morgan fingerprint density at radius 3 is 2.15 bits per heavy atom. The van der Waals surface area contributed by atoms with Crippen LogP contribution < -0.4 is 10.2 Å². The van der Waals surface area contributed by atoms with Crippen LogP contribution in [-0.2, 0) is 9.59 Å². The normalized spacial score (nSPS) is 18.0. The number of hydrogen-bond donors (Lipinski definition) is 1. The van der Waals surface area contributed by atoms with Gasteiger partial charge in [0.25, 0.3) is 0 Å². The lowest BCUT2D eigenvalue weighted by molar-refractivity contribution is -0.125. The smallest absolute Gasteiger partial charge is 0.233 e. The Kier molecular flexibility index (Phi) is 4.90. The highest BCUT2D eigenvalue weighted by atomic mass is 16.2. The Morgan fingerprint density at radius 1 is 1.10 bits per heavy atom. The standard InChI is InChI=1S/C16H22N2O2/c1-3-17-12(2)13-8-10-14(11-9-13)18-15(19)6-4-5-7-16(18)20/h8-12,17H,3-7H2,1-2H3. The molecule has 1 N–H and O–H groups in total. The molecular weight excluding hydrogens is 252 g/mol. The minimum atomic E-state index is -0.0834. The summed E-state index contributed by atoms with van der Waals surface area (Å²) in [6.07, 6.45) is 2.52. The van der Waals surface area contributed by atoms with Gasteiger partial charge in [-0.3, -0.25) is 14.5 Å². The number of carbonyl (C=O) groups is 2. The highest BCUT2D eigenvalue weighted by Crippen LogP contribution is 2.23. The van der Waals surface area contributed by atoms with E-state index < -0.39 is 0 Å². The maximum atomic E-state index is 12.0. The molecule has 1 atom stereocenters. The zero-order chi connectivity index (χ0) is 14.5. The van der Waals surface area contributed by atoms with Gasteiger partial charge in [-0.15, -0.1) is 0 Å². The first-order valence-corrected chi connectivity index (χ1v) is 7.32. The minimum Gasteiger partial charge on any atom is -0.310 e. The lowest BCUT2D eigenvalue weighted by Crippen LogP contribution is -2.35. The van der Waals surface area contributed by atoms with E-state index in [0.717, 1.165) is 24.9 Å². The molecule has 2 amide bonds. The molecular formula is C16H22N2O2. The van der Waals surface area contributed by atoms with Crippen LogP contribution in [0.25, 0.3) is 0 Å². The fraction of sp³-hybridized carbons (Fsp3) is 0.500. The zero-order valence-corrected chi connectivity index (χ0v) is 12.2. The molecule has 4 heteroatoms. The van der Waals surface area contributed by atoms with Crippen molar-refractivity contribution in [3.8, 4) is 0 Å². The summed E-state index contributed by atoms with van der Waals surface area (Å²) >= 11 is 0. The second kappa shape index (κ2) is 6.66. The molecule has 108 valence electrons. The van der Waals surface area contributed by atoms with Crippen LogP contribution in [0.3, 0.4) is 0 Å². The number of amides is 2. The highest BCUT2D eigenvalue weighted by molar-refractivity contribution is 6.15. The van der Waals surface area contributed by atoms with E-state index in [-0.39, 0.29) is 17.9 Å². The van der Waals surface area contributed by atoms with Crippen LogP contribution in [0.1, 0.15) is 51.1 Å². The Bertz CT molecular complexity index is 464. The van der Waals surface area contributed by atoms with Gasteiger partial charge in [0, 0.05) is 18.9 Å². The zero-order valence-electron chi connectivity index (χ0n) is 12.2. The third-order valence-electron chi connectivity index (χ3n) is 3.69. The molecule has 0 aliphatic carbocycles. The summed E-state index contributed by atoms with van der Waals surface area (Å²) in [7, 11) is 0. The van der Waals surface area contributed by atoms with Crippen LogP contribution in [0.4, 0.5) is 5.69 Å². The molecule has 1 saturated heterocycles. The number of nitrogens with zero attached hydrogens (tertiary/aromatic N) is 1. The van der Waals surface area contributed by atoms with Crippen molar-refractivity contribution in [3.63, 3.8) is 0 Å². The Hall–Kier alpha value is -1.68. The van der Waals surface area contributed by atoms with Crippen LogP contribution in [0.5, 0.6) is 0 Å². The maximum absolute atomic E-state index is 12.0. The average Bonchev–Trinajstić information content (AvgIpc) is 2.60. The summed E-state index contributed by atoms with van der Waals surface area (Å²) in [5.41, 5.74) is 1.85. The van der Waals surface area contributed by atoms with Crippen molar-refractivity contribution < 1.29 is 9.59 Å². The molecule has 1 unspecified atom stereocenters. The number of imide groups is 1. The monoisotopic (exact) mass is 274 g/mol. The van der Waals surface area contributed by atoms with E-state index in [1.165, 1.54) is 4.90 Å². The third kappa shape index (κ3) is 3.25. The first-order chi connectivity index (χ1) is 9.63. The van der Waals surface area contributed by atoms with Crippen LogP contribution >= 0.6 is 0 Å². The summed E-state index contributed by atoms with van der Waals surface area (Å²) in [5.74, 6) is -0.167. The van der Waals surface area contributed by atoms with Crippen LogP contribution in [0.15, 0.2) is 24.3 Å². The van der Waals surface area contributed by atoms with Gasteiger partial charge in [0.05, 0.1) is 5.69 Å². The number of anilines is 1. The first-order valence-electron chi connectivity index (χ1n) is 7.32. The Labute approximate surface area is 120 Å². The maximum Gasteiger partial charge on any atom is 0.233 e. The summed E-state index contributed by atoms with van der Waals surface area (Å²) in [6, 6.07) is 7.96. The fourth-order valence-electron chi connectivity index (χ4n) is 2.54. The predicted molar refractivity (Wildman–Crippen MR) is 79.5 cm³/mol. The predicted octanol–water partition coefficient (Wildman–Crippen LogP) is 2.79.